The van der Waals surface area contributed by atoms with Gasteiger partial charge in [0.25, 0.3) is 0 Å². The average Bonchev–Trinajstić information content (AvgIpc) is 2.77. The Balaban J connectivity index is 1.69. The fraction of sp³-hybridized carbons (Fsp3) is 0.625. The summed E-state index contributed by atoms with van der Waals surface area (Å²) >= 11 is 0. The van der Waals surface area contributed by atoms with Crippen LogP contribution in [0.5, 0.6) is 0 Å². The first-order valence-corrected chi connectivity index (χ1v) is 7.81. The fourth-order valence-corrected chi connectivity index (χ4v) is 3.36. The zero-order valence-electron chi connectivity index (χ0n) is 11.8. The van der Waals surface area contributed by atoms with Crippen molar-refractivity contribution in [2.45, 2.75) is 44.6 Å². The molecule has 3 heterocycles. The van der Waals surface area contributed by atoms with Crippen molar-refractivity contribution in [2.24, 2.45) is 5.92 Å². The zero-order valence-corrected chi connectivity index (χ0v) is 11.8. The Kier molecular flexibility index (Phi) is 3.19. The molecule has 0 spiro atoms. The minimum Gasteiger partial charge on any atom is -0.381 e. The second kappa shape index (κ2) is 5.17. The largest absolute Gasteiger partial charge is 0.381 e. The summed E-state index contributed by atoms with van der Waals surface area (Å²) in [5, 5.41) is 0. The van der Waals surface area contributed by atoms with Crippen molar-refractivity contribution in [3.8, 4) is 0 Å². The van der Waals surface area contributed by atoms with Crippen LogP contribution in [0.3, 0.4) is 0 Å². The molecule has 0 aromatic carbocycles. The van der Waals surface area contributed by atoms with Crippen LogP contribution < -0.4 is 0 Å². The van der Waals surface area contributed by atoms with Crippen LogP contribution in [0.1, 0.15) is 44.0 Å². The van der Waals surface area contributed by atoms with Crippen LogP contribution >= 0.6 is 0 Å². The van der Waals surface area contributed by atoms with Crippen LogP contribution in [0.2, 0.25) is 0 Å². The maximum Gasteiger partial charge on any atom is 0.160 e. The Bertz CT molecular complexity index is 597. The number of pyridine rings is 1. The Morgan fingerprint density at radius 1 is 1.20 bits per heavy atom. The third kappa shape index (κ3) is 2.12. The maximum absolute atomic E-state index is 5.47. The summed E-state index contributed by atoms with van der Waals surface area (Å²) in [6.45, 7) is 1.82. The molecule has 4 heteroatoms. The number of nitrogens with zero attached hydrogens (tertiary/aromatic N) is 3. The number of hydrogen-bond donors (Lipinski definition) is 0. The lowest BCUT2D eigenvalue weighted by Gasteiger charge is -2.30. The number of fused-ring (bicyclic) bond motifs is 1. The maximum atomic E-state index is 5.47. The van der Waals surface area contributed by atoms with E-state index in [1.54, 1.807) is 0 Å². The highest BCUT2D eigenvalue weighted by Crippen LogP contribution is 2.36. The second-order valence-electron chi connectivity index (χ2n) is 6.09. The third-order valence-corrected chi connectivity index (χ3v) is 4.77. The summed E-state index contributed by atoms with van der Waals surface area (Å²) in [4.78, 5) is 9.44. The molecular formula is C16H21N3O. The van der Waals surface area contributed by atoms with Crippen LogP contribution in [0.15, 0.2) is 18.3 Å². The first-order chi connectivity index (χ1) is 9.92. The SMILES string of the molecule is c1cnc2c(c1)nc(CC1CCOCC1)n2C1CCC1. The lowest BCUT2D eigenvalue weighted by atomic mass is 9.91. The molecule has 4 nitrogen and oxygen atoms in total. The highest BCUT2D eigenvalue weighted by atomic mass is 16.5. The Morgan fingerprint density at radius 2 is 2.05 bits per heavy atom. The number of ether oxygens (including phenoxy) is 1. The lowest BCUT2D eigenvalue weighted by molar-refractivity contribution is 0.0655. The molecule has 0 bridgehead atoms. The summed E-state index contributed by atoms with van der Waals surface area (Å²) < 4.78 is 7.89. The van der Waals surface area contributed by atoms with Gasteiger partial charge < -0.3 is 9.30 Å². The summed E-state index contributed by atoms with van der Waals surface area (Å²) in [5.41, 5.74) is 2.14. The van der Waals surface area contributed by atoms with E-state index in [9.17, 15) is 0 Å². The zero-order chi connectivity index (χ0) is 13.4. The monoisotopic (exact) mass is 271 g/mol. The van der Waals surface area contributed by atoms with E-state index in [2.05, 4.69) is 15.6 Å². The summed E-state index contributed by atoms with van der Waals surface area (Å²) in [6, 6.07) is 4.70. The molecular weight excluding hydrogens is 250 g/mol. The fourth-order valence-electron chi connectivity index (χ4n) is 3.36. The molecule has 0 atom stereocenters. The average molecular weight is 271 g/mol. The van der Waals surface area contributed by atoms with Gasteiger partial charge in [0.15, 0.2) is 5.65 Å². The molecule has 106 valence electrons. The molecule has 2 aromatic heterocycles. The summed E-state index contributed by atoms with van der Waals surface area (Å²) in [7, 11) is 0. The normalized spacial score (nSPS) is 21.2. The molecule has 0 N–H and O–H groups in total. The van der Waals surface area contributed by atoms with Gasteiger partial charge in [0.2, 0.25) is 0 Å². The molecule has 2 fully saturated rings. The van der Waals surface area contributed by atoms with Crippen molar-refractivity contribution < 1.29 is 4.74 Å². The van der Waals surface area contributed by atoms with Gasteiger partial charge in [0, 0.05) is 31.9 Å². The van der Waals surface area contributed by atoms with E-state index in [4.69, 9.17) is 9.72 Å². The van der Waals surface area contributed by atoms with Crippen LogP contribution in [-0.4, -0.2) is 27.7 Å². The van der Waals surface area contributed by atoms with E-state index < -0.39 is 0 Å². The third-order valence-electron chi connectivity index (χ3n) is 4.77. The molecule has 2 aromatic rings. The highest BCUT2D eigenvalue weighted by Gasteiger charge is 2.26. The first-order valence-electron chi connectivity index (χ1n) is 7.81. The Morgan fingerprint density at radius 3 is 2.80 bits per heavy atom. The predicted molar refractivity (Wildman–Crippen MR) is 77.7 cm³/mol. The van der Waals surface area contributed by atoms with Crippen LogP contribution in [0.4, 0.5) is 0 Å². The van der Waals surface area contributed by atoms with Gasteiger partial charge in [-0.3, -0.25) is 0 Å². The Labute approximate surface area is 119 Å². The highest BCUT2D eigenvalue weighted by molar-refractivity contribution is 5.71. The lowest BCUT2D eigenvalue weighted by Crippen LogP contribution is -2.23. The van der Waals surface area contributed by atoms with E-state index >= 15 is 0 Å². The number of rotatable bonds is 3. The van der Waals surface area contributed by atoms with E-state index in [1.165, 1.54) is 37.9 Å². The smallest absolute Gasteiger partial charge is 0.160 e. The molecule has 0 radical (unpaired) electrons. The van der Waals surface area contributed by atoms with Gasteiger partial charge in [-0.05, 0) is 50.2 Å². The molecule has 2 aliphatic rings. The van der Waals surface area contributed by atoms with E-state index in [-0.39, 0.29) is 0 Å². The topological polar surface area (TPSA) is 39.9 Å². The van der Waals surface area contributed by atoms with Gasteiger partial charge >= 0.3 is 0 Å². The Hall–Kier alpha value is -1.42. The van der Waals surface area contributed by atoms with Crippen molar-refractivity contribution in [2.75, 3.05) is 13.2 Å². The molecule has 20 heavy (non-hydrogen) atoms. The van der Waals surface area contributed by atoms with E-state index in [1.807, 2.05) is 12.3 Å². The quantitative estimate of drug-likeness (QED) is 0.861. The standard InChI is InChI=1S/C16H21N3O/c1-3-13(4-1)19-15(11-12-6-9-20-10-7-12)18-14-5-2-8-17-16(14)19/h2,5,8,12-13H,1,3-4,6-7,9-11H2. The first kappa shape index (κ1) is 12.3. The summed E-state index contributed by atoms with van der Waals surface area (Å²) in [6.07, 6.45) is 9.20. The van der Waals surface area contributed by atoms with Crippen molar-refractivity contribution >= 4 is 11.2 Å². The molecule has 1 saturated carbocycles. The van der Waals surface area contributed by atoms with Crippen LogP contribution in [0.25, 0.3) is 11.2 Å². The van der Waals surface area contributed by atoms with Gasteiger partial charge in [-0.1, -0.05) is 0 Å². The van der Waals surface area contributed by atoms with Crippen LogP contribution in [-0.2, 0) is 11.2 Å². The molecule has 1 aliphatic heterocycles. The number of imidazole rings is 1. The van der Waals surface area contributed by atoms with Crippen LogP contribution in [0, 0.1) is 5.92 Å². The van der Waals surface area contributed by atoms with Gasteiger partial charge in [-0.15, -0.1) is 0 Å². The molecule has 0 amide bonds. The predicted octanol–water partition coefficient (Wildman–Crippen LogP) is 3.13. The molecule has 0 unspecified atom stereocenters. The van der Waals surface area contributed by atoms with Gasteiger partial charge in [0.1, 0.15) is 11.3 Å². The summed E-state index contributed by atoms with van der Waals surface area (Å²) in [5.74, 6) is 1.97. The molecule has 4 rings (SSSR count). The second-order valence-corrected chi connectivity index (χ2v) is 6.09. The number of hydrogen-bond acceptors (Lipinski definition) is 3. The molecule has 1 aliphatic carbocycles. The minimum absolute atomic E-state index is 0.629. The van der Waals surface area contributed by atoms with Gasteiger partial charge in [-0.2, -0.15) is 0 Å². The number of aromatic nitrogens is 3. The van der Waals surface area contributed by atoms with Crippen molar-refractivity contribution in [1.29, 1.82) is 0 Å². The minimum atomic E-state index is 0.629. The van der Waals surface area contributed by atoms with Gasteiger partial charge in [-0.25, -0.2) is 9.97 Å². The van der Waals surface area contributed by atoms with Crippen molar-refractivity contribution in [1.82, 2.24) is 14.5 Å². The van der Waals surface area contributed by atoms with Gasteiger partial charge in [0.05, 0.1) is 0 Å². The van der Waals surface area contributed by atoms with E-state index in [0.717, 1.165) is 36.7 Å². The van der Waals surface area contributed by atoms with Crippen molar-refractivity contribution in [3.05, 3.63) is 24.2 Å². The molecule has 1 saturated heterocycles. The van der Waals surface area contributed by atoms with Crippen molar-refractivity contribution in [3.63, 3.8) is 0 Å². The van der Waals surface area contributed by atoms with E-state index in [0.29, 0.717) is 6.04 Å².